The predicted molar refractivity (Wildman–Crippen MR) is 122 cm³/mol. The number of nitrogens with zero attached hydrogens (tertiary/aromatic N) is 7. The summed E-state index contributed by atoms with van der Waals surface area (Å²) in [5, 5.41) is 2.56. The van der Waals surface area contributed by atoms with Gasteiger partial charge in [0.25, 0.3) is 5.91 Å². The van der Waals surface area contributed by atoms with Gasteiger partial charge in [-0.2, -0.15) is 13.2 Å². The molecule has 12 nitrogen and oxygen atoms in total. The van der Waals surface area contributed by atoms with E-state index >= 15 is 0 Å². The molecular formula is C22H21F3N8O4. The second-order valence-electron chi connectivity index (χ2n) is 8.47. The summed E-state index contributed by atoms with van der Waals surface area (Å²) < 4.78 is 38.3. The number of nitrogens with one attached hydrogen (secondary N) is 1. The molecule has 2 unspecified atom stereocenters. The number of pyridine rings is 1. The van der Waals surface area contributed by atoms with Gasteiger partial charge in [0.15, 0.2) is 18.0 Å². The van der Waals surface area contributed by atoms with Crippen LogP contribution >= 0.6 is 0 Å². The molecule has 15 heteroatoms. The van der Waals surface area contributed by atoms with Crippen LogP contribution in [0.25, 0.3) is 11.3 Å². The van der Waals surface area contributed by atoms with Crippen LogP contribution in [0.15, 0.2) is 35.7 Å². The van der Waals surface area contributed by atoms with Crippen molar-refractivity contribution in [1.29, 1.82) is 0 Å². The molecule has 2 aliphatic heterocycles. The first-order chi connectivity index (χ1) is 17.4. The van der Waals surface area contributed by atoms with Crippen molar-refractivity contribution in [3.63, 3.8) is 0 Å². The molecule has 0 radical (unpaired) electrons. The summed E-state index contributed by atoms with van der Waals surface area (Å²) >= 11 is 0. The molecule has 37 heavy (non-hydrogen) atoms. The van der Waals surface area contributed by atoms with E-state index in [0.29, 0.717) is 0 Å². The second kappa shape index (κ2) is 9.55. The molecular weight excluding hydrogens is 497 g/mol. The molecule has 1 fully saturated rings. The highest BCUT2D eigenvalue weighted by atomic mass is 19.4. The lowest BCUT2D eigenvalue weighted by Gasteiger charge is -2.41. The molecule has 2 aliphatic rings. The fraction of sp³-hybridized carbons (Fsp3) is 0.364. The number of likely N-dealkylation sites (N-methyl/N-ethyl adjacent to an activating group) is 1. The smallest absolute Gasteiger partial charge is 0.335 e. The molecule has 0 bridgehead atoms. The molecule has 4 amide bonds. The number of urea groups is 1. The monoisotopic (exact) mass is 518 g/mol. The number of aromatic nitrogens is 3. The van der Waals surface area contributed by atoms with Gasteiger partial charge in [-0.1, -0.05) is 0 Å². The Balaban J connectivity index is 1.49. The van der Waals surface area contributed by atoms with Crippen molar-refractivity contribution in [2.45, 2.75) is 38.3 Å². The fourth-order valence-corrected chi connectivity index (χ4v) is 3.93. The van der Waals surface area contributed by atoms with Crippen LogP contribution in [0.4, 0.5) is 23.8 Å². The van der Waals surface area contributed by atoms with Crippen LogP contribution in [0.1, 0.15) is 19.5 Å². The zero-order chi connectivity index (χ0) is 27.1. The van der Waals surface area contributed by atoms with Crippen molar-refractivity contribution < 1.29 is 32.3 Å². The first-order valence-electron chi connectivity index (χ1n) is 10.9. The van der Waals surface area contributed by atoms with E-state index in [1.165, 1.54) is 55.5 Å². The molecule has 4 heterocycles. The van der Waals surface area contributed by atoms with E-state index < -0.39 is 54.5 Å². The predicted octanol–water partition coefficient (Wildman–Crippen LogP) is 1.41. The lowest BCUT2D eigenvalue weighted by Crippen LogP contribution is -2.66. The van der Waals surface area contributed by atoms with Crippen molar-refractivity contribution in [2.24, 2.45) is 4.99 Å². The maximum absolute atomic E-state index is 13.1. The van der Waals surface area contributed by atoms with E-state index in [1.807, 2.05) is 0 Å². The van der Waals surface area contributed by atoms with Crippen LogP contribution in [-0.2, 0) is 20.6 Å². The average Bonchev–Trinajstić information content (AvgIpc) is 3.30. The number of hydrogen-bond donors (Lipinski definition) is 1. The Hall–Kier alpha value is -4.43. The number of rotatable bonds is 6. The highest BCUT2D eigenvalue weighted by Gasteiger charge is 2.51. The zero-order valence-corrected chi connectivity index (χ0v) is 19.8. The van der Waals surface area contributed by atoms with Crippen LogP contribution in [0.3, 0.4) is 0 Å². The quantitative estimate of drug-likeness (QED) is 0.605. The van der Waals surface area contributed by atoms with Gasteiger partial charge in [-0.3, -0.25) is 29.3 Å². The number of hydrogen-bond acceptors (Lipinski definition) is 9. The summed E-state index contributed by atoms with van der Waals surface area (Å²) in [5.74, 6) is -1.61. The van der Waals surface area contributed by atoms with Crippen LogP contribution in [0.5, 0.6) is 0 Å². The number of carbonyl (C=O) groups excluding carboxylic acids is 4. The molecule has 194 valence electrons. The molecule has 0 spiro atoms. The maximum Gasteiger partial charge on any atom is 0.433 e. The number of Topliss-reactive ketones (excluding diaryl/α,β-unsaturated/α-hetero) is 1. The summed E-state index contributed by atoms with van der Waals surface area (Å²) in [4.78, 5) is 69.4. The number of aliphatic imine (C=N–C) groups is 1. The SMILES string of the molecule is CC(=O)CN1C(=O)C2C(N=CN2[C@@H](C)C(=O)Nc2cncc(-c3ccc(C(F)(F)F)nc3)n2)N(C)C1=O. The van der Waals surface area contributed by atoms with Gasteiger partial charge in [-0.05, 0) is 26.0 Å². The minimum absolute atomic E-state index is 0.0161. The van der Waals surface area contributed by atoms with E-state index in [1.54, 1.807) is 0 Å². The van der Waals surface area contributed by atoms with Gasteiger partial charge >= 0.3 is 12.2 Å². The number of carbonyl (C=O) groups is 4. The van der Waals surface area contributed by atoms with E-state index in [-0.39, 0.29) is 22.9 Å². The number of ketones is 1. The van der Waals surface area contributed by atoms with Gasteiger partial charge in [0.05, 0.1) is 31.0 Å². The fourth-order valence-electron chi connectivity index (χ4n) is 3.93. The van der Waals surface area contributed by atoms with E-state index in [4.69, 9.17) is 0 Å². The number of fused-ring (bicyclic) bond motifs is 1. The van der Waals surface area contributed by atoms with Gasteiger partial charge in [0, 0.05) is 18.8 Å². The molecule has 2 aromatic heterocycles. The lowest BCUT2D eigenvalue weighted by atomic mass is 10.1. The van der Waals surface area contributed by atoms with Crippen molar-refractivity contribution in [3.05, 3.63) is 36.4 Å². The van der Waals surface area contributed by atoms with Crippen LogP contribution in [-0.4, -0.2) is 91.5 Å². The van der Waals surface area contributed by atoms with E-state index in [2.05, 4.69) is 25.3 Å². The lowest BCUT2D eigenvalue weighted by molar-refractivity contribution is -0.141. The van der Waals surface area contributed by atoms with Gasteiger partial charge in [0.2, 0.25) is 5.91 Å². The highest BCUT2D eigenvalue weighted by Crippen LogP contribution is 2.29. The minimum Gasteiger partial charge on any atom is -0.335 e. The van der Waals surface area contributed by atoms with Crippen molar-refractivity contribution in [3.8, 4) is 11.3 Å². The van der Waals surface area contributed by atoms with Crippen LogP contribution in [0, 0.1) is 0 Å². The normalized spacial score (nSPS) is 20.2. The standard InChI is InChI=1S/C22H21F3N8O4/c1-11(34)9-32-20(36)17-18(31(3)21(32)37)28-10-33(17)12(2)19(35)30-16-8-26-7-14(29-16)13-4-5-15(27-6-13)22(23,24)25/h4-8,10,12,17-18H,9H2,1-3H3,(H,29,30,35)/t12-,17?,18?/m0/s1. The Morgan fingerprint density at radius 2 is 1.89 bits per heavy atom. The molecule has 2 aromatic rings. The summed E-state index contributed by atoms with van der Waals surface area (Å²) in [6.45, 7) is 2.36. The Labute approximate surface area is 208 Å². The third-order valence-electron chi connectivity index (χ3n) is 5.85. The topological polar surface area (TPSA) is 141 Å². The number of alkyl halides is 3. The third kappa shape index (κ3) is 4.96. The second-order valence-corrected chi connectivity index (χ2v) is 8.47. The van der Waals surface area contributed by atoms with E-state index in [0.717, 1.165) is 17.2 Å². The van der Waals surface area contributed by atoms with Gasteiger partial charge in [0.1, 0.15) is 17.5 Å². The summed E-state index contributed by atoms with van der Waals surface area (Å²) in [5.41, 5.74) is -0.623. The molecule has 1 saturated heterocycles. The first-order valence-corrected chi connectivity index (χ1v) is 10.9. The van der Waals surface area contributed by atoms with Gasteiger partial charge in [-0.15, -0.1) is 0 Å². The molecule has 0 aliphatic carbocycles. The number of imide groups is 1. The van der Waals surface area contributed by atoms with Crippen LogP contribution in [0.2, 0.25) is 0 Å². The Kier molecular flexibility index (Phi) is 6.62. The van der Waals surface area contributed by atoms with Crippen molar-refractivity contribution in [2.75, 3.05) is 18.9 Å². The van der Waals surface area contributed by atoms with Crippen LogP contribution < -0.4 is 5.32 Å². The number of halogens is 3. The third-order valence-corrected chi connectivity index (χ3v) is 5.85. The van der Waals surface area contributed by atoms with Crippen molar-refractivity contribution in [1.82, 2.24) is 29.7 Å². The molecule has 3 atom stereocenters. The maximum atomic E-state index is 13.1. The van der Waals surface area contributed by atoms with Crippen molar-refractivity contribution >= 4 is 35.8 Å². The number of amides is 4. The molecule has 0 saturated carbocycles. The Morgan fingerprint density at radius 1 is 1.16 bits per heavy atom. The molecule has 0 aromatic carbocycles. The average molecular weight is 518 g/mol. The van der Waals surface area contributed by atoms with E-state index in [9.17, 15) is 32.3 Å². The molecule has 1 N–H and O–H groups in total. The molecule has 4 rings (SSSR count). The van der Waals surface area contributed by atoms with Gasteiger partial charge < -0.3 is 15.1 Å². The summed E-state index contributed by atoms with van der Waals surface area (Å²) in [6, 6.07) is -0.637. The minimum atomic E-state index is -4.58. The Morgan fingerprint density at radius 3 is 2.51 bits per heavy atom. The zero-order valence-electron chi connectivity index (χ0n) is 19.8. The largest absolute Gasteiger partial charge is 0.433 e. The Bertz CT molecular complexity index is 1280. The summed E-state index contributed by atoms with van der Waals surface area (Å²) in [6.07, 6.45) is -0.597. The van der Waals surface area contributed by atoms with Gasteiger partial charge in [-0.25, -0.2) is 14.8 Å². The highest BCUT2D eigenvalue weighted by molar-refractivity contribution is 6.05. The summed E-state index contributed by atoms with van der Waals surface area (Å²) in [7, 11) is 1.45. The number of anilines is 1. The first kappa shape index (κ1) is 25.7.